The molecule has 0 saturated heterocycles. The van der Waals surface area contributed by atoms with Crippen molar-refractivity contribution in [1.29, 1.82) is 0 Å². The molecule has 6 nitrogen and oxygen atoms in total. The van der Waals surface area contributed by atoms with Gasteiger partial charge in [0.1, 0.15) is 12.2 Å². The molecule has 1 aliphatic heterocycles. The number of hydrogen-bond donors (Lipinski definition) is 2. The second-order valence-corrected chi connectivity index (χ2v) is 9.41. The summed E-state index contributed by atoms with van der Waals surface area (Å²) in [6.07, 6.45) is 0. The van der Waals surface area contributed by atoms with Gasteiger partial charge >= 0.3 is 0 Å². The lowest BCUT2D eigenvalue weighted by Crippen LogP contribution is -2.43. The summed E-state index contributed by atoms with van der Waals surface area (Å²) in [7, 11) is 0. The zero-order valence-electron chi connectivity index (χ0n) is 15.6. The van der Waals surface area contributed by atoms with Crippen LogP contribution in [0.1, 0.15) is 0 Å². The second-order valence-electron chi connectivity index (χ2n) is 6.55. The van der Waals surface area contributed by atoms with E-state index in [0.717, 1.165) is 26.8 Å². The number of fused-ring (bicyclic) bond motifs is 1. The number of para-hydroxylation sites is 2. The van der Waals surface area contributed by atoms with Crippen molar-refractivity contribution in [3.8, 4) is 21.1 Å². The Morgan fingerprint density at radius 1 is 1.07 bits per heavy atom. The SMILES string of the molecule is O=C1CN(C(=O)CSc2nc(-c3cccs3)c(-c3cccs3)[nH]2)c2ccccc2N1. The van der Waals surface area contributed by atoms with Crippen LogP contribution in [0.15, 0.2) is 64.4 Å². The van der Waals surface area contributed by atoms with Crippen LogP contribution in [0.5, 0.6) is 0 Å². The van der Waals surface area contributed by atoms with E-state index >= 15 is 0 Å². The normalized spacial score (nSPS) is 13.2. The molecule has 2 amide bonds. The van der Waals surface area contributed by atoms with E-state index in [0.29, 0.717) is 10.8 Å². The van der Waals surface area contributed by atoms with Crippen molar-refractivity contribution in [2.75, 3.05) is 22.5 Å². The van der Waals surface area contributed by atoms with Crippen molar-refractivity contribution in [1.82, 2.24) is 9.97 Å². The fraction of sp³-hybridized carbons (Fsp3) is 0.0952. The molecular weight excluding hydrogens is 436 g/mol. The fourth-order valence-electron chi connectivity index (χ4n) is 3.27. The Kier molecular flexibility index (Phi) is 5.16. The van der Waals surface area contributed by atoms with Gasteiger partial charge in [0, 0.05) is 0 Å². The van der Waals surface area contributed by atoms with Gasteiger partial charge in [-0.3, -0.25) is 9.59 Å². The molecule has 4 aromatic rings. The van der Waals surface area contributed by atoms with Gasteiger partial charge in [0.2, 0.25) is 11.8 Å². The first-order chi connectivity index (χ1) is 14.7. The van der Waals surface area contributed by atoms with Gasteiger partial charge in [0.15, 0.2) is 5.16 Å². The Hall–Kier alpha value is -2.88. The average molecular weight is 453 g/mol. The first kappa shape index (κ1) is 19.1. The highest BCUT2D eigenvalue weighted by Crippen LogP contribution is 2.37. The molecule has 0 radical (unpaired) electrons. The van der Waals surface area contributed by atoms with Crippen molar-refractivity contribution >= 4 is 57.6 Å². The van der Waals surface area contributed by atoms with E-state index in [4.69, 9.17) is 4.98 Å². The van der Waals surface area contributed by atoms with E-state index in [-0.39, 0.29) is 24.1 Å². The van der Waals surface area contributed by atoms with E-state index in [1.807, 2.05) is 47.2 Å². The highest BCUT2D eigenvalue weighted by atomic mass is 32.2. The van der Waals surface area contributed by atoms with Gasteiger partial charge in [-0.1, -0.05) is 36.0 Å². The predicted octanol–water partition coefficient (Wildman–Crippen LogP) is 4.94. The Balaban J connectivity index is 1.38. The number of aromatic amines is 1. The molecule has 0 saturated carbocycles. The minimum absolute atomic E-state index is 0.0233. The maximum atomic E-state index is 12.9. The van der Waals surface area contributed by atoms with Crippen molar-refractivity contribution < 1.29 is 9.59 Å². The largest absolute Gasteiger partial charge is 0.332 e. The summed E-state index contributed by atoms with van der Waals surface area (Å²) < 4.78 is 0. The first-order valence-corrected chi connectivity index (χ1v) is 11.9. The van der Waals surface area contributed by atoms with Gasteiger partial charge in [-0.25, -0.2) is 4.98 Å². The molecule has 30 heavy (non-hydrogen) atoms. The van der Waals surface area contributed by atoms with E-state index in [1.54, 1.807) is 28.7 Å². The maximum absolute atomic E-state index is 12.9. The summed E-state index contributed by atoms with van der Waals surface area (Å²) in [5.74, 6) is -0.137. The summed E-state index contributed by atoms with van der Waals surface area (Å²) in [6.45, 7) is 0.0233. The van der Waals surface area contributed by atoms with Gasteiger partial charge in [0.05, 0.1) is 32.6 Å². The second kappa shape index (κ2) is 8.10. The Morgan fingerprint density at radius 2 is 1.83 bits per heavy atom. The number of amides is 2. The number of imidazole rings is 1. The molecule has 9 heteroatoms. The zero-order valence-corrected chi connectivity index (χ0v) is 18.1. The van der Waals surface area contributed by atoms with E-state index in [2.05, 4.69) is 16.4 Å². The van der Waals surface area contributed by atoms with Gasteiger partial charge in [-0.05, 0) is 35.0 Å². The number of rotatable bonds is 5. The van der Waals surface area contributed by atoms with Gasteiger partial charge in [-0.2, -0.15) is 0 Å². The van der Waals surface area contributed by atoms with Gasteiger partial charge in [0.25, 0.3) is 0 Å². The standard InChI is InChI=1S/C21H16N4O2S3/c26-17-11-25(14-6-2-1-5-13(14)22-17)18(27)12-30-21-23-19(15-7-3-9-28-15)20(24-21)16-8-4-10-29-16/h1-10H,11-12H2,(H,22,26)(H,23,24). The maximum Gasteiger partial charge on any atom is 0.244 e. The Morgan fingerprint density at radius 3 is 2.60 bits per heavy atom. The molecule has 1 aliphatic rings. The molecule has 0 unspecified atom stereocenters. The van der Waals surface area contributed by atoms with E-state index < -0.39 is 0 Å². The van der Waals surface area contributed by atoms with E-state index in [9.17, 15) is 9.59 Å². The molecule has 0 atom stereocenters. The van der Waals surface area contributed by atoms with Gasteiger partial charge < -0.3 is 15.2 Å². The molecule has 0 bridgehead atoms. The Bertz CT molecular complexity index is 1150. The molecule has 0 aliphatic carbocycles. The fourth-order valence-corrected chi connectivity index (χ4v) is 5.47. The van der Waals surface area contributed by atoms with Crippen molar-refractivity contribution in [2.45, 2.75) is 5.16 Å². The molecule has 0 fully saturated rings. The van der Waals surface area contributed by atoms with Crippen LogP contribution in [0, 0.1) is 0 Å². The molecule has 150 valence electrons. The lowest BCUT2D eigenvalue weighted by molar-refractivity contribution is -0.120. The average Bonchev–Trinajstić information content (AvgIpc) is 3.52. The van der Waals surface area contributed by atoms with Crippen LogP contribution >= 0.6 is 34.4 Å². The summed E-state index contributed by atoms with van der Waals surface area (Å²) in [6, 6.07) is 15.4. The predicted molar refractivity (Wildman–Crippen MR) is 123 cm³/mol. The summed E-state index contributed by atoms with van der Waals surface area (Å²) in [5, 5.41) is 7.55. The minimum Gasteiger partial charge on any atom is -0.332 e. The molecule has 0 spiro atoms. The number of thioether (sulfide) groups is 1. The third-order valence-corrected chi connectivity index (χ3v) is 7.23. The smallest absolute Gasteiger partial charge is 0.244 e. The quantitative estimate of drug-likeness (QED) is 0.420. The molecule has 1 aromatic carbocycles. The highest BCUT2D eigenvalue weighted by molar-refractivity contribution is 7.99. The topological polar surface area (TPSA) is 78.1 Å². The van der Waals surface area contributed by atoms with Crippen molar-refractivity contribution in [3.63, 3.8) is 0 Å². The molecular formula is C21H16N4O2S3. The number of nitrogens with one attached hydrogen (secondary N) is 2. The third kappa shape index (κ3) is 3.67. The monoisotopic (exact) mass is 452 g/mol. The number of benzene rings is 1. The van der Waals surface area contributed by atoms with Crippen LogP contribution in [0.2, 0.25) is 0 Å². The van der Waals surface area contributed by atoms with Crippen LogP contribution < -0.4 is 10.2 Å². The van der Waals surface area contributed by atoms with Crippen LogP contribution in [0.25, 0.3) is 21.1 Å². The summed E-state index contributed by atoms with van der Waals surface area (Å²) in [5.41, 5.74) is 3.24. The number of hydrogen-bond acceptors (Lipinski definition) is 6. The number of carbonyl (C=O) groups excluding carboxylic acids is 2. The molecule has 3 aromatic heterocycles. The lowest BCUT2D eigenvalue weighted by atomic mass is 10.2. The van der Waals surface area contributed by atoms with Crippen LogP contribution in [-0.4, -0.2) is 34.1 Å². The molecule has 2 N–H and O–H groups in total. The Labute approximate surface area is 185 Å². The molecule has 4 heterocycles. The van der Waals surface area contributed by atoms with Gasteiger partial charge in [-0.15, -0.1) is 22.7 Å². The van der Waals surface area contributed by atoms with Crippen LogP contribution in [-0.2, 0) is 9.59 Å². The summed E-state index contributed by atoms with van der Waals surface area (Å²) in [4.78, 5) is 36.8. The number of H-pyrrole nitrogens is 1. The summed E-state index contributed by atoms with van der Waals surface area (Å²) >= 11 is 4.63. The van der Waals surface area contributed by atoms with Crippen molar-refractivity contribution in [3.05, 3.63) is 59.3 Å². The number of thiophene rings is 2. The van der Waals surface area contributed by atoms with Crippen LogP contribution in [0.4, 0.5) is 11.4 Å². The van der Waals surface area contributed by atoms with Crippen molar-refractivity contribution in [2.24, 2.45) is 0 Å². The molecule has 5 rings (SSSR count). The number of carbonyl (C=O) groups is 2. The number of aromatic nitrogens is 2. The highest BCUT2D eigenvalue weighted by Gasteiger charge is 2.27. The van der Waals surface area contributed by atoms with E-state index in [1.165, 1.54) is 16.7 Å². The van der Waals surface area contributed by atoms with Crippen LogP contribution in [0.3, 0.4) is 0 Å². The minimum atomic E-state index is -0.190. The zero-order chi connectivity index (χ0) is 20.5. The third-order valence-electron chi connectivity index (χ3n) is 4.61. The number of nitrogens with zero attached hydrogens (tertiary/aromatic N) is 2. The number of anilines is 2. The first-order valence-electron chi connectivity index (χ1n) is 9.19. The lowest BCUT2D eigenvalue weighted by Gasteiger charge is -2.28.